The number of amides is 2. The zero-order valence-electron chi connectivity index (χ0n) is 12.0. The molecule has 1 aliphatic carbocycles. The minimum atomic E-state index is -1.06. The molecule has 2 rings (SSSR count). The molecule has 6 nitrogen and oxygen atoms in total. The molecule has 1 aliphatic rings. The highest BCUT2D eigenvalue weighted by Gasteiger charge is 2.39. The number of likely N-dealkylation sites (N-methyl/N-ethyl adjacent to an activating group) is 1. The molecule has 2 unspecified atom stereocenters. The molecule has 1 fully saturated rings. The van der Waals surface area contributed by atoms with Crippen LogP contribution in [0.25, 0.3) is 0 Å². The predicted octanol–water partition coefficient (Wildman–Crippen LogP) is 1.44. The molecule has 0 saturated heterocycles. The Labute approximate surface area is 122 Å². The Morgan fingerprint density at radius 2 is 1.86 bits per heavy atom. The van der Waals surface area contributed by atoms with Gasteiger partial charge in [0.15, 0.2) is 0 Å². The third-order valence-electron chi connectivity index (χ3n) is 3.56. The average molecular weight is 290 g/mol. The molecule has 0 aromatic heterocycles. The van der Waals surface area contributed by atoms with Crippen molar-refractivity contribution in [1.29, 1.82) is 0 Å². The van der Waals surface area contributed by atoms with Gasteiger partial charge in [0, 0.05) is 24.2 Å². The Morgan fingerprint density at radius 3 is 2.33 bits per heavy atom. The fraction of sp³-hybridized carbons (Fsp3) is 0.400. The third kappa shape index (κ3) is 3.81. The number of carboxylic acids is 1. The van der Waals surface area contributed by atoms with Crippen LogP contribution in [0.2, 0.25) is 0 Å². The summed E-state index contributed by atoms with van der Waals surface area (Å²) in [6.07, 6.45) is 0.919. The number of rotatable bonds is 5. The van der Waals surface area contributed by atoms with E-state index in [0.717, 1.165) is 11.3 Å². The summed E-state index contributed by atoms with van der Waals surface area (Å²) in [4.78, 5) is 35.4. The molecule has 6 heteroatoms. The molecule has 1 saturated carbocycles. The molecule has 0 spiro atoms. The maximum absolute atomic E-state index is 12.0. The van der Waals surface area contributed by atoms with Gasteiger partial charge in [-0.1, -0.05) is 6.92 Å². The van der Waals surface area contributed by atoms with Crippen molar-refractivity contribution < 1.29 is 19.5 Å². The predicted molar refractivity (Wildman–Crippen MR) is 76.9 cm³/mol. The molecule has 0 aliphatic heterocycles. The topological polar surface area (TPSA) is 86.7 Å². The van der Waals surface area contributed by atoms with E-state index < -0.39 is 5.97 Å². The Morgan fingerprint density at radius 1 is 1.29 bits per heavy atom. The van der Waals surface area contributed by atoms with Crippen molar-refractivity contribution in [1.82, 2.24) is 4.90 Å². The largest absolute Gasteiger partial charge is 0.480 e. The fourth-order valence-electron chi connectivity index (χ4n) is 2.11. The molecule has 0 heterocycles. The first-order valence-corrected chi connectivity index (χ1v) is 6.76. The van der Waals surface area contributed by atoms with Crippen molar-refractivity contribution >= 4 is 23.5 Å². The average Bonchev–Trinajstić information content (AvgIpc) is 3.15. The summed E-state index contributed by atoms with van der Waals surface area (Å²) in [5.41, 5.74) is 1.02. The van der Waals surface area contributed by atoms with E-state index >= 15 is 0 Å². The van der Waals surface area contributed by atoms with Crippen LogP contribution in [0.1, 0.15) is 23.7 Å². The van der Waals surface area contributed by atoms with Crippen LogP contribution in [0.5, 0.6) is 0 Å². The monoisotopic (exact) mass is 290 g/mol. The van der Waals surface area contributed by atoms with Crippen molar-refractivity contribution in [2.24, 2.45) is 11.8 Å². The van der Waals surface area contributed by atoms with Crippen molar-refractivity contribution in [2.75, 3.05) is 18.9 Å². The SMILES string of the molecule is CC1CC1C(=O)Nc1ccc(C(=O)N(C)CC(=O)O)cc1. The van der Waals surface area contributed by atoms with E-state index in [1.807, 2.05) is 6.92 Å². The highest BCUT2D eigenvalue weighted by molar-refractivity contribution is 5.97. The first-order valence-electron chi connectivity index (χ1n) is 6.76. The van der Waals surface area contributed by atoms with Crippen LogP contribution < -0.4 is 5.32 Å². The van der Waals surface area contributed by atoms with Gasteiger partial charge in [-0.15, -0.1) is 0 Å². The molecule has 112 valence electrons. The summed E-state index contributed by atoms with van der Waals surface area (Å²) in [5, 5.41) is 11.5. The number of hydrogen-bond acceptors (Lipinski definition) is 3. The highest BCUT2D eigenvalue weighted by Crippen LogP contribution is 2.38. The zero-order chi connectivity index (χ0) is 15.6. The van der Waals surface area contributed by atoms with Crippen LogP contribution in [0, 0.1) is 11.8 Å². The van der Waals surface area contributed by atoms with E-state index in [1.54, 1.807) is 24.3 Å². The van der Waals surface area contributed by atoms with Crippen LogP contribution >= 0.6 is 0 Å². The normalized spacial score (nSPS) is 19.7. The second-order valence-electron chi connectivity index (χ2n) is 5.44. The summed E-state index contributed by atoms with van der Waals surface area (Å²) < 4.78 is 0. The molecule has 2 N–H and O–H groups in total. The molecule has 21 heavy (non-hydrogen) atoms. The first-order chi connectivity index (χ1) is 9.88. The van der Waals surface area contributed by atoms with Crippen molar-refractivity contribution in [3.05, 3.63) is 29.8 Å². The third-order valence-corrected chi connectivity index (χ3v) is 3.56. The summed E-state index contributed by atoms with van der Waals surface area (Å²) in [7, 11) is 1.43. The summed E-state index contributed by atoms with van der Waals surface area (Å²) in [6.45, 7) is 1.68. The van der Waals surface area contributed by atoms with E-state index in [4.69, 9.17) is 5.11 Å². The summed E-state index contributed by atoms with van der Waals surface area (Å²) in [5.74, 6) is -0.896. The van der Waals surface area contributed by atoms with Gasteiger partial charge in [-0.05, 0) is 36.6 Å². The second kappa shape index (κ2) is 5.95. The number of carboxylic acid groups (broad SMARTS) is 1. The van der Waals surface area contributed by atoms with Gasteiger partial charge in [-0.3, -0.25) is 14.4 Å². The number of nitrogens with zero attached hydrogens (tertiary/aromatic N) is 1. The Balaban J connectivity index is 1.96. The van der Waals surface area contributed by atoms with Gasteiger partial charge in [0.05, 0.1) is 0 Å². The molecule has 2 amide bonds. The Bertz CT molecular complexity index is 568. The maximum Gasteiger partial charge on any atom is 0.323 e. The number of carbonyl (C=O) groups is 3. The minimum Gasteiger partial charge on any atom is -0.480 e. The van der Waals surface area contributed by atoms with Crippen LogP contribution in [0.15, 0.2) is 24.3 Å². The van der Waals surface area contributed by atoms with Crippen LogP contribution in [0.3, 0.4) is 0 Å². The van der Waals surface area contributed by atoms with Crippen molar-refractivity contribution in [3.63, 3.8) is 0 Å². The molecular formula is C15H18N2O4. The maximum atomic E-state index is 12.0. The van der Waals surface area contributed by atoms with E-state index in [1.165, 1.54) is 7.05 Å². The number of hydrogen-bond donors (Lipinski definition) is 2. The molecule has 1 aromatic carbocycles. The smallest absolute Gasteiger partial charge is 0.323 e. The van der Waals surface area contributed by atoms with Gasteiger partial charge < -0.3 is 15.3 Å². The van der Waals surface area contributed by atoms with Crippen LogP contribution in [0.4, 0.5) is 5.69 Å². The minimum absolute atomic E-state index is 0.00423. The lowest BCUT2D eigenvalue weighted by atomic mass is 10.1. The quantitative estimate of drug-likeness (QED) is 0.859. The number of carbonyl (C=O) groups excluding carboxylic acids is 2. The second-order valence-corrected chi connectivity index (χ2v) is 5.44. The number of anilines is 1. The molecule has 1 aromatic rings. The Hall–Kier alpha value is -2.37. The summed E-state index contributed by atoms with van der Waals surface area (Å²) in [6, 6.07) is 6.44. The molecule has 0 radical (unpaired) electrons. The van der Waals surface area contributed by atoms with E-state index in [9.17, 15) is 14.4 Å². The molecular weight excluding hydrogens is 272 g/mol. The number of aliphatic carboxylic acids is 1. The lowest BCUT2D eigenvalue weighted by Gasteiger charge is -2.14. The van der Waals surface area contributed by atoms with E-state index in [2.05, 4.69) is 5.32 Å². The van der Waals surface area contributed by atoms with E-state index in [-0.39, 0.29) is 24.3 Å². The number of nitrogens with one attached hydrogen (secondary N) is 1. The highest BCUT2D eigenvalue weighted by atomic mass is 16.4. The summed E-state index contributed by atoms with van der Waals surface area (Å²) >= 11 is 0. The molecule has 0 bridgehead atoms. The van der Waals surface area contributed by atoms with Gasteiger partial charge in [-0.2, -0.15) is 0 Å². The van der Waals surface area contributed by atoms with Crippen molar-refractivity contribution in [3.8, 4) is 0 Å². The van der Waals surface area contributed by atoms with Gasteiger partial charge in [0.25, 0.3) is 5.91 Å². The molecule has 2 atom stereocenters. The lowest BCUT2D eigenvalue weighted by Crippen LogP contribution is -2.31. The van der Waals surface area contributed by atoms with Gasteiger partial charge in [-0.25, -0.2) is 0 Å². The standard InChI is InChI=1S/C15H18N2O4/c1-9-7-12(9)14(20)16-11-5-3-10(4-6-11)15(21)17(2)8-13(18)19/h3-6,9,12H,7-8H2,1-2H3,(H,16,20)(H,18,19). The first kappa shape index (κ1) is 15.0. The van der Waals surface area contributed by atoms with E-state index in [0.29, 0.717) is 17.2 Å². The van der Waals surface area contributed by atoms with Crippen LogP contribution in [-0.4, -0.2) is 41.4 Å². The van der Waals surface area contributed by atoms with Gasteiger partial charge >= 0.3 is 5.97 Å². The van der Waals surface area contributed by atoms with Crippen LogP contribution in [-0.2, 0) is 9.59 Å². The van der Waals surface area contributed by atoms with Crippen molar-refractivity contribution in [2.45, 2.75) is 13.3 Å². The fourth-order valence-corrected chi connectivity index (χ4v) is 2.11. The lowest BCUT2D eigenvalue weighted by molar-refractivity contribution is -0.137. The zero-order valence-corrected chi connectivity index (χ0v) is 12.0. The van der Waals surface area contributed by atoms with Gasteiger partial charge in [0.1, 0.15) is 6.54 Å². The number of benzene rings is 1. The van der Waals surface area contributed by atoms with Gasteiger partial charge in [0.2, 0.25) is 5.91 Å². The Kier molecular flexibility index (Phi) is 4.26.